The zero-order valence-corrected chi connectivity index (χ0v) is 30.6. The molecule has 0 aliphatic rings. The van der Waals surface area contributed by atoms with Crippen molar-refractivity contribution in [2.45, 2.75) is 19.6 Å². The van der Waals surface area contributed by atoms with Gasteiger partial charge in [-0.05, 0) is 59.3 Å². The van der Waals surface area contributed by atoms with Crippen molar-refractivity contribution in [2.24, 2.45) is 10.2 Å². The predicted molar refractivity (Wildman–Crippen MR) is 189 cm³/mol. The van der Waals surface area contributed by atoms with Crippen LogP contribution in [0, 0.1) is 0 Å². The molecule has 25 heteroatoms. The van der Waals surface area contributed by atoms with E-state index < -0.39 is 75.3 Å². The molecule has 0 unspecified atom stereocenters. The highest BCUT2D eigenvalue weighted by Gasteiger charge is 2.25. The minimum absolute atomic E-state index is 0.0293. The summed E-state index contributed by atoms with van der Waals surface area (Å²) in [5.41, 5.74) is -1.22. The highest BCUT2D eigenvalue weighted by Crippen LogP contribution is 2.47. The minimum Gasteiger partial charge on any atom is -0.505 e. The standard InChI is InChI=1S/C29H23N3O17S5/c33-27-25-18(13-20(53(39,40)41)15-23(25)30-29(34)16-4-2-1-3-5-16)14-24(50-48-46-35)26(27)32-31-22-9-6-17-12-19(7-8-21(17)28(22)54(42,43)44)52(37,38)11-10-45-51-49-47-36/h1-9,12-15,33,35-36H,10-11H2,(H,30,34)(H,39,40,41)(H,42,43,44)/b32-31+. The van der Waals surface area contributed by atoms with Gasteiger partial charge in [0.05, 0.1) is 44.8 Å². The van der Waals surface area contributed by atoms with Crippen molar-refractivity contribution in [3.05, 3.63) is 84.4 Å². The number of nitrogens with zero attached hydrogens (tertiary/aromatic N) is 2. The third kappa shape index (κ3) is 9.48. The molecule has 20 nitrogen and oxygen atoms in total. The van der Waals surface area contributed by atoms with Gasteiger partial charge in [0, 0.05) is 16.3 Å². The lowest BCUT2D eigenvalue weighted by molar-refractivity contribution is -0.434. The van der Waals surface area contributed by atoms with E-state index in [1.165, 1.54) is 18.2 Å². The van der Waals surface area contributed by atoms with Gasteiger partial charge >= 0.3 is 0 Å². The normalized spacial score (nSPS) is 12.5. The number of nitrogens with one attached hydrogen (secondary N) is 1. The summed E-state index contributed by atoms with van der Waals surface area (Å²) >= 11 is 0.393. The van der Waals surface area contributed by atoms with Crippen molar-refractivity contribution in [2.75, 3.05) is 17.7 Å². The summed E-state index contributed by atoms with van der Waals surface area (Å²) in [4.78, 5) is 11.1. The van der Waals surface area contributed by atoms with Gasteiger partial charge in [-0.2, -0.15) is 16.8 Å². The Kier molecular flexibility index (Phi) is 12.9. The van der Waals surface area contributed by atoms with Crippen LogP contribution in [0.1, 0.15) is 10.4 Å². The minimum atomic E-state index is -5.12. The molecule has 0 aromatic heterocycles. The first-order valence-electron chi connectivity index (χ1n) is 14.3. The Morgan fingerprint density at radius 3 is 2.15 bits per heavy atom. The third-order valence-electron chi connectivity index (χ3n) is 7.20. The Hall–Kier alpha value is -4.32. The zero-order valence-electron chi connectivity index (χ0n) is 26.5. The molecule has 5 aromatic rings. The number of aromatic hydroxyl groups is 1. The Morgan fingerprint density at radius 1 is 0.778 bits per heavy atom. The van der Waals surface area contributed by atoms with Crippen LogP contribution in [0.5, 0.6) is 5.75 Å². The van der Waals surface area contributed by atoms with Crippen LogP contribution in [-0.2, 0) is 53.0 Å². The van der Waals surface area contributed by atoms with E-state index >= 15 is 0 Å². The van der Waals surface area contributed by atoms with E-state index in [-0.39, 0.29) is 67.0 Å². The molecule has 0 bridgehead atoms. The first-order chi connectivity index (χ1) is 25.5. The van der Waals surface area contributed by atoms with Gasteiger partial charge in [0.2, 0.25) is 0 Å². The Bertz CT molecular complexity index is 2590. The summed E-state index contributed by atoms with van der Waals surface area (Å²) in [6, 6.07) is 16.2. The number of hydrogen-bond acceptors (Lipinski definition) is 19. The van der Waals surface area contributed by atoms with Crippen LogP contribution >= 0.6 is 24.4 Å². The quantitative estimate of drug-likeness (QED) is 0.0164. The van der Waals surface area contributed by atoms with Crippen LogP contribution in [0.25, 0.3) is 21.5 Å². The molecule has 0 spiro atoms. The lowest BCUT2D eigenvalue weighted by Crippen LogP contribution is -2.13. The topological polar surface area (TPSA) is 304 Å². The van der Waals surface area contributed by atoms with Gasteiger partial charge in [-0.25, -0.2) is 18.9 Å². The average molecular weight is 846 g/mol. The van der Waals surface area contributed by atoms with Gasteiger partial charge in [0.15, 0.2) is 27.9 Å². The van der Waals surface area contributed by atoms with Crippen molar-refractivity contribution in [3.8, 4) is 5.75 Å². The monoisotopic (exact) mass is 845 g/mol. The van der Waals surface area contributed by atoms with Crippen LogP contribution < -0.4 is 5.32 Å². The maximum Gasteiger partial charge on any atom is 0.297 e. The van der Waals surface area contributed by atoms with Gasteiger partial charge in [0.25, 0.3) is 26.1 Å². The van der Waals surface area contributed by atoms with Crippen LogP contribution in [-0.4, -0.2) is 68.2 Å². The van der Waals surface area contributed by atoms with Gasteiger partial charge in [-0.3, -0.25) is 18.1 Å². The van der Waals surface area contributed by atoms with Crippen LogP contribution in [0.4, 0.5) is 17.1 Å². The summed E-state index contributed by atoms with van der Waals surface area (Å²) in [5.74, 6) is -2.11. The fraction of sp³-hybridized carbons (Fsp3) is 0.0690. The SMILES string of the molecule is O=C(Nc1cc(S(=O)(=O)O)cc2cc(SOOO)c(/N=N/c3ccc4cc(S(=O)(=O)CCOSOOO)ccc4c3S(=O)(=O)O)c(O)c12)c1ccccc1. The molecule has 6 N–H and O–H groups in total. The molecule has 54 heavy (non-hydrogen) atoms. The van der Waals surface area contributed by atoms with E-state index in [0.717, 1.165) is 42.5 Å². The second-order valence-corrected chi connectivity index (χ2v) is 16.6. The van der Waals surface area contributed by atoms with Gasteiger partial charge in [-0.15, -0.1) is 18.9 Å². The second kappa shape index (κ2) is 17.0. The molecule has 0 atom stereocenters. The summed E-state index contributed by atoms with van der Waals surface area (Å²) in [5, 5.41) is 45.2. The number of carbonyl (C=O) groups excluding carboxylic acids is 1. The molecule has 5 rings (SSSR count). The molecular weight excluding hydrogens is 823 g/mol. The molecule has 0 saturated carbocycles. The number of anilines is 1. The first-order valence-corrected chi connectivity index (χ1v) is 20.3. The number of benzene rings is 5. The Labute approximate surface area is 313 Å². The molecule has 0 aliphatic heterocycles. The fourth-order valence-corrected chi connectivity index (χ4v) is 8.26. The summed E-state index contributed by atoms with van der Waals surface area (Å²) in [7, 11) is -14.0. The van der Waals surface area contributed by atoms with Crippen LogP contribution in [0.3, 0.4) is 0 Å². The van der Waals surface area contributed by atoms with Crippen molar-refractivity contribution < 1.29 is 77.7 Å². The molecule has 0 saturated heterocycles. The van der Waals surface area contributed by atoms with E-state index in [2.05, 4.69) is 34.3 Å². The smallest absolute Gasteiger partial charge is 0.297 e. The van der Waals surface area contributed by atoms with E-state index in [0.29, 0.717) is 0 Å². The molecule has 286 valence electrons. The van der Waals surface area contributed by atoms with Crippen LogP contribution in [0.2, 0.25) is 0 Å². The number of hydrogen-bond donors (Lipinski definition) is 6. The molecule has 0 fully saturated rings. The van der Waals surface area contributed by atoms with Crippen molar-refractivity contribution in [3.63, 3.8) is 0 Å². The molecule has 0 aliphatic carbocycles. The number of amides is 1. The van der Waals surface area contributed by atoms with Gasteiger partial charge in [-0.1, -0.05) is 40.4 Å². The van der Waals surface area contributed by atoms with Gasteiger partial charge in [0.1, 0.15) is 16.3 Å². The number of phenols is 1. The first kappa shape index (κ1) is 40.9. The molecular formula is C29H23N3O17S5. The van der Waals surface area contributed by atoms with E-state index in [4.69, 9.17) is 14.7 Å². The van der Waals surface area contributed by atoms with Crippen molar-refractivity contribution in [1.29, 1.82) is 0 Å². The maximum atomic E-state index is 13.1. The Morgan fingerprint density at radius 2 is 1.48 bits per heavy atom. The van der Waals surface area contributed by atoms with Gasteiger partial charge < -0.3 is 10.4 Å². The summed E-state index contributed by atoms with van der Waals surface area (Å²) in [6.45, 7) is -0.399. The summed E-state index contributed by atoms with van der Waals surface area (Å²) in [6.07, 6.45) is 0. The maximum absolute atomic E-state index is 13.1. The van der Waals surface area contributed by atoms with E-state index in [1.54, 1.807) is 18.2 Å². The highest BCUT2D eigenvalue weighted by atomic mass is 32.2. The number of carbonyl (C=O) groups is 1. The van der Waals surface area contributed by atoms with Crippen LogP contribution in [0.15, 0.2) is 109 Å². The summed E-state index contributed by atoms with van der Waals surface area (Å²) < 4.78 is 109. The van der Waals surface area contributed by atoms with Crippen molar-refractivity contribution in [1.82, 2.24) is 0 Å². The zero-order chi connectivity index (χ0) is 39.3. The van der Waals surface area contributed by atoms with E-state index in [9.17, 15) is 44.3 Å². The lowest BCUT2D eigenvalue weighted by atomic mass is 10.1. The largest absolute Gasteiger partial charge is 0.505 e. The number of fused-ring (bicyclic) bond motifs is 2. The second-order valence-electron chi connectivity index (χ2n) is 10.5. The molecule has 0 heterocycles. The predicted octanol–water partition coefficient (Wildman–Crippen LogP) is 6.06. The van der Waals surface area contributed by atoms with E-state index in [1.807, 2.05) is 0 Å². The average Bonchev–Trinajstić information content (AvgIpc) is 3.12. The van der Waals surface area contributed by atoms with Crippen molar-refractivity contribution >= 4 is 99.0 Å². The molecule has 1 amide bonds. The molecule has 5 aromatic carbocycles. The highest BCUT2D eigenvalue weighted by molar-refractivity contribution is 7.94. The third-order valence-corrected chi connectivity index (χ3v) is 11.6. The number of sulfone groups is 1. The lowest BCUT2D eigenvalue weighted by Gasteiger charge is -2.15. The number of azo groups is 1. The molecule has 0 radical (unpaired) electrons. The number of rotatable bonds is 16. The Balaban J connectivity index is 1.64. The number of phenolic OH excluding ortho intramolecular Hbond substituents is 1. The fourth-order valence-electron chi connectivity index (χ4n) is 4.95.